The summed E-state index contributed by atoms with van der Waals surface area (Å²) in [4.78, 5) is 0. The van der Waals surface area contributed by atoms with Crippen molar-refractivity contribution in [3.63, 3.8) is 0 Å². The predicted molar refractivity (Wildman–Crippen MR) is 55.9 cm³/mol. The zero-order valence-electron chi connectivity index (χ0n) is 8.64. The third kappa shape index (κ3) is 2.02. The molecule has 0 spiro atoms. The van der Waals surface area contributed by atoms with Crippen LogP contribution in [0.4, 0.5) is 0 Å². The summed E-state index contributed by atoms with van der Waals surface area (Å²) in [5.74, 6) is 0. The summed E-state index contributed by atoms with van der Waals surface area (Å²) in [6.07, 6.45) is 6.22. The van der Waals surface area contributed by atoms with Gasteiger partial charge in [-0.05, 0) is 12.5 Å². The van der Waals surface area contributed by atoms with E-state index in [4.69, 9.17) is 0 Å². The van der Waals surface area contributed by atoms with Gasteiger partial charge in [-0.3, -0.25) is 0 Å². The number of rotatable bonds is 2. The fraction of sp³-hybridized carbons (Fsp3) is 0.250. The molecule has 0 saturated carbocycles. The zero-order chi connectivity index (χ0) is 9.97. The molecule has 0 saturated heterocycles. The van der Waals surface area contributed by atoms with Crippen LogP contribution in [0, 0.1) is 6.92 Å². The van der Waals surface area contributed by atoms with E-state index in [1.165, 1.54) is 11.1 Å². The molecule has 2 nitrogen and oxygen atoms in total. The molecule has 0 atom stereocenters. The second-order valence-electron chi connectivity index (χ2n) is 3.74. The van der Waals surface area contributed by atoms with E-state index >= 15 is 0 Å². The van der Waals surface area contributed by atoms with Gasteiger partial charge in [0.15, 0.2) is 0 Å². The molecule has 14 heavy (non-hydrogen) atoms. The Labute approximate surface area is 84.4 Å². The van der Waals surface area contributed by atoms with E-state index < -0.39 is 0 Å². The smallest absolute Gasteiger partial charge is 0.240 e. The standard InChI is InChI=1S/C12H15N2/c1-11-3-5-12(6-4-11)9-14-8-7-13(2)10-14/h3-8,10H,9H2,1-2H3/q+1. The highest BCUT2D eigenvalue weighted by Gasteiger charge is 2.00. The lowest BCUT2D eigenvalue weighted by atomic mass is 10.1. The molecule has 0 aliphatic heterocycles. The average Bonchev–Trinajstić information content (AvgIpc) is 2.56. The van der Waals surface area contributed by atoms with Gasteiger partial charge in [-0.15, -0.1) is 0 Å². The van der Waals surface area contributed by atoms with Gasteiger partial charge < -0.3 is 0 Å². The van der Waals surface area contributed by atoms with Crippen LogP contribution in [0.3, 0.4) is 0 Å². The van der Waals surface area contributed by atoms with Crippen LogP contribution in [-0.2, 0) is 13.6 Å². The molecule has 0 N–H and O–H groups in total. The lowest BCUT2D eigenvalue weighted by Gasteiger charge is -1.98. The van der Waals surface area contributed by atoms with E-state index in [2.05, 4.69) is 48.3 Å². The Morgan fingerprint density at radius 1 is 1.21 bits per heavy atom. The minimum Gasteiger partial charge on any atom is -0.240 e. The summed E-state index contributed by atoms with van der Waals surface area (Å²) in [6, 6.07) is 8.66. The number of imidazole rings is 1. The SMILES string of the molecule is Cc1ccc(Cn2cc[n+](C)c2)cc1. The van der Waals surface area contributed by atoms with Crippen molar-refractivity contribution in [2.75, 3.05) is 0 Å². The number of aryl methyl sites for hydroxylation is 2. The van der Waals surface area contributed by atoms with Gasteiger partial charge in [0.25, 0.3) is 0 Å². The van der Waals surface area contributed by atoms with Crippen molar-refractivity contribution >= 4 is 0 Å². The molecule has 2 rings (SSSR count). The van der Waals surface area contributed by atoms with Gasteiger partial charge in [0.2, 0.25) is 6.33 Å². The molecule has 0 unspecified atom stereocenters. The second kappa shape index (κ2) is 3.66. The fourth-order valence-corrected chi connectivity index (χ4v) is 1.50. The monoisotopic (exact) mass is 187 g/mol. The van der Waals surface area contributed by atoms with Crippen molar-refractivity contribution in [3.05, 3.63) is 54.1 Å². The van der Waals surface area contributed by atoms with Crippen LogP contribution in [0.1, 0.15) is 11.1 Å². The molecule has 0 aliphatic carbocycles. The molecule has 2 aromatic rings. The Bertz CT molecular complexity index is 412. The maximum Gasteiger partial charge on any atom is 0.243 e. The van der Waals surface area contributed by atoms with Crippen LogP contribution in [0.5, 0.6) is 0 Å². The van der Waals surface area contributed by atoms with Crippen molar-refractivity contribution in [1.29, 1.82) is 0 Å². The van der Waals surface area contributed by atoms with Gasteiger partial charge in [-0.25, -0.2) is 9.13 Å². The average molecular weight is 187 g/mol. The summed E-state index contributed by atoms with van der Waals surface area (Å²) in [6.45, 7) is 3.06. The molecular weight excluding hydrogens is 172 g/mol. The van der Waals surface area contributed by atoms with Gasteiger partial charge in [0.05, 0.1) is 7.05 Å². The first-order chi connectivity index (χ1) is 6.74. The molecule has 2 heteroatoms. The molecule has 0 aliphatic rings. The van der Waals surface area contributed by atoms with Crippen molar-refractivity contribution in [1.82, 2.24) is 4.57 Å². The topological polar surface area (TPSA) is 8.81 Å². The number of nitrogens with zero attached hydrogens (tertiary/aromatic N) is 2. The first-order valence-electron chi connectivity index (χ1n) is 4.80. The molecule has 0 bridgehead atoms. The molecular formula is C12H15N2+. The van der Waals surface area contributed by atoms with E-state index in [0.29, 0.717) is 0 Å². The van der Waals surface area contributed by atoms with Gasteiger partial charge in [-0.2, -0.15) is 0 Å². The van der Waals surface area contributed by atoms with Crippen LogP contribution >= 0.6 is 0 Å². The predicted octanol–water partition coefficient (Wildman–Crippen LogP) is 1.67. The van der Waals surface area contributed by atoms with Gasteiger partial charge >= 0.3 is 0 Å². The number of hydrogen-bond acceptors (Lipinski definition) is 0. The van der Waals surface area contributed by atoms with E-state index in [9.17, 15) is 0 Å². The first kappa shape index (κ1) is 9.00. The van der Waals surface area contributed by atoms with Crippen LogP contribution in [0.15, 0.2) is 43.0 Å². The molecule has 0 fully saturated rings. The Morgan fingerprint density at radius 2 is 1.93 bits per heavy atom. The molecule has 1 aromatic carbocycles. The summed E-state index contributed by atoms with van der Waals surface area (Å²) in [5.41, 5.74) is 2.65. The van der Waals surface area contributed by atoms with Crippen molar-refractivity contribution < 1.29 is 4.57 Å². The highest BCUT2D eigenvalue weighted by atomic mass is 15.1. The van der Waals surface area contributed by atoms with E-state index in [0.717, 1.165) is 6.54 Å². The summed E-state index contributed by atoms with van der Waals surface area (Å²) < 4.78 is 4.22. The van der Waals surface area contributed by atoms with Gasteiger partial charge in [0, 0.05) is 0 Å². The van der Waals surface area contributed by atoms with Crippen molar-refractivity contribution in [2.45, 2.75) is 13.5 Å². The molecule has 0 amide bonds. The third-order valence-corrected chi connectivity index (χ3v) is 2.31. The van der Waals surface area contributed by atoms with E-state index in [1.54, 1.807) is 0 Å². The maximum atomic E-state index is 2.18. The Hall–Kier alpha value is -1.57. The lowest BCUT2D eigenvalue weighted by molar-refractivity contribution is -0.671. The second-order valence-corrected chi connectivity index (χ2v) is 3.74. The highest BCUT2D eigenvalue weighted by molar-refractivity contribution is 5.21. The van der Waals surface area contributed by atoms with Crippen molar-refractivity contribution in [3.8, 4) is 0 Å². The lowest BCUT2D eigenvalue weighted by Crippen LogP contribution is -2.23. The Morgan fingerprint density at radius 3 is 2.50 bits per heavy atom. The molecule has 72 valence electrons. The summed E-state index contributed by atoms with van der Waals surface area (Å²) in [7, 11) is 2.03. The summed E-state index contributed by atoms with van der Waals surface area (Å²) in [5, 5.41) is 0. The van der Waals surface area contributed by atoms with Crippen molar-refractivity contribution in [2.24, 2.45) is 7.05 Å². The fourth-order valence-electron chi connectivity index (χ4n) is 1.50. The largest absolute Gasteiger partial charge is 0.243 e. The van der Waals surface area contributed by atoms with Crippen LogP contribution < -0.4 is 4.57 Å². The van der Waals surface area contributed by atoms with Crippen LogP contribution in [0.2, 0.25) is 0 Å². The minimum absolute atomic E-state index is 0.946. The Kier molecular flexibility index (Phi) is 2.35. The normalized spacial score (nSPS) is 10.4. The molecule has 1 heterocycles. The highest BCUT2D eigenvalue weighted by Crippen LogP contribution is 2.04. The van der Waals surface area contributed by atoms with Crippen LogP contribution in [0.25, 0.3) is 0 Å². The van der Waals surface area contributed by atoms with E-state index in [-0.39, 0.29) is 0 Å². The third-order valence-electron chi connectivity index (χ3n) is 2.31. The van der Waals surface area contributed by atoms with Gasteiger partial charge in [-0.1, -0.05) is 29.8 Å². The van der Waals surface area contributed by atoms with Gasteiger partial charge in [0.1, 0.15) is 18.9 Å². The number of aromatic nitrogens is 2. The zero-order valence-corrected chi connectivity index (χ0v) is 8.64. The minimum atomic E-state index is 0.946. The van der Waals surface area contributed by atoms with Crippen LogP contribution in [-0.4, -0.2) is 4.57 Å². The number of benzene rings is 1. The molecule has 0 radical (unpaired) electrons. The number of hydrogen-bond donors (Lipinski definition) is 0. The molecule has 1 aromatic heterocycles. The Balaban J connectivity index is 2.15. The first-order valence-corrected chi connectivity index (χ1v) is 4.80. The van der Waals surface area contributed by atoms with E-state index in [1.807, 2.05) is 17.8 Å². The summed E-state index contributed by atoms with van der Waals surface area (Å²) >= 11 is 0. The quantitative estimate of drug-likeness (QED) is 0.632. The maximum absolute atomic E-state index is 2.18.